The van der Waals surface area contributed by atoms with Crippen molar-refractivity contribution in [3.05, 3.63) is 0 Å². The topological polar surface area (TPSA) is 75.8 Å². The number of carbonyl (C=O) groups is 1. The summed E-state index contributed by atoms with van der Waals surface area (Å²) in [5.74, 6) is -0.0129. The molecule has 1 saturated heterocycles. The number of hydrogen-bond acceptors (Lipinski definition) is 4. The van der Waals surface area contributed by atoms with Crippen LogP contribution in [0.5, 0.6) is 0 Å². The summed E-state index contributed by atoms with van der Waals surface area (Å²) in [4.78, 5) is 12.9. The molecule has 13 heavy (non-hydrogen) atoms. The van der Waals surface area contributed by atoms with Crippen LogP contribution >= 0.6 is 0 Å². The molecule has 1 amide bonds. The third-order valence-electron chi connectivity index (χ3n) is 2.25. The van der Waals surface area contributed by atoms with Crippen molar-refractivity contribution in [1.82, 2.24) is 4.90 Å². The van der Waals surface area contributed by atoms with Gasteiger partial charge in [-0.2, -0.15) is 0 Å². The monoisotopic (exact) mass is 188 g/mol. The number of β-amino-alcohol motifs (C(OH)–C–C–N with tert-alkyl or cyclic N) is 1. The maximum atomic E-state index is 11.3. The zero-order valence-corrected chi connectivity index (χ0v) is 7.77. The van der Waals surface area contributed by atoms with Crippen LogP contribution in [0.1, 0.15) is 6.42 Å². The number of nitrogens with two attached hydrogens (primary N) is 1. The zero-order chi connectivity index (χ0) is 9.84. The van der Waals surface area contributed by atoms with Crippen molar-refractivity contribution in [1.29, 1.82) is 0 Å². The van der Waals surface area contributed by atoms with Crippen molar-refractivity contribution in [2.45, 2.75) is 18.6 Å². The molecular formula is C8H16N2O3. The molecule has 0 radical (unpaired) electrons. The lowest BCUT2D eigenvalue weighted by atomic mass is 10.3. The van der Waals surface area contributed by atoms with Crippen LogP contribution < -0.4 is 5.73 Å². The molecule has 3 N–H and O–H groups in total. The number of aliphatic hydroxyl groups excluding tert-OH is 1. The Balaban J connectivity index is 2.43. The third-order valence-corrected chi connectivity index (χ3v) is 2.25. The molecule has 0 spiro atoms. The average molecular weight is 188 g/mol. The van der Waals surface area contributed by atoms with Gasteiger partial charge in [0.05, 0.1) is 6.10 Å². The normalized spacial score (nSPS) is 28.1. The van der Waals surface area contributed by atoms with Gasteiger partial charge in [-0.15, -0.1) is 0 Å². The standard InChI is InChI=1S/C8H16N2O3/c1-13-7-5-10(4-6(7)11)8(12)2-3-9/h6-7,11H,2-5,9H2,1H3/t6-,7+/m1/s1. The number of methoxy groups -OCH3 is 1. The second kappa shape index (κ2) is 4.55. The highest BCUT2D eigenvalue weighted by Gasteiger charge is 2.33. The Morgan fingerprint density at radius 3 is 2.85 bits per heavy atom. The molecule has 1 heterocycles. The summed E-state index contributed by atoms with van der Waals surface area (Å²) in [5.41, 5.74) is 5.26. The van der Waals surface area contributed by atoms with E-state index < -0.39 is 6.10 Å². The van der Waals surface area contributed by atoms with E-state index in [-0.39, 0.29) is 12.0 Å². The van der Waals surface area contributed by atoms with Crippen molar-refractivity contribution in [3.63, 3.8) is 0 Å². The minimum atomic E-state index is -0.563. The summed E-state index contributed by atoms with van der Waals surface area (Å²) in [5, 5.41) is 9.43. The van der Waals surface area contributed by atoms with Crippen LogP contribution in [0.4, 0.5) is 0 Å². The van der Waals surface area contributed by atoms with Crippen LogP contribution in [0, 0.1) is 0 Å². The fraction of sp³-hybridized carbons (Fsp3) is 0.875. The number of aliphatic hydroxyl groups is 1. The molecular weight excluding hydrogens is 172 g/mol. The minimum absolute atomic E-state index is 0.0129. The molecule has 0 aliphatic carbocycles. The minimum Gasteiger partial charge on any atom is -0.388 e. The second-order valence-corrected chi connectivity index (χ2v) is 3.18. The van der Waals surface area contributed by atoms with E-state index in [4.69, 9.17) is 10.5 Å². The molecule has 0 aromatic carbocycles. The highest BCUT2D eigenvalue weighted by molar-refractivity contribution is 5.76. The van der Waals surface area contributed by atoms with Crippen molar-refractivity contribution in [2.75, 3.05) is 26.7 Å². The number of likely N-dealkylation sites (tertiary alicyclic amines) is 1. The van der Waals surface area contributed by atoms with Crippen LogP contribution in [0.3, 0.4) is 0 Å². The molecule has 5 heteroatoms. The molecule has 5 nitrogen and oxygen atoms in total. The molecule has 1 aliphatic rings. The van der Waals surface area contributed by atoms with Gasteiger partial charge in [0.1, 0.15) is 6.10 Å². The highest BCUT2D eigenvalue weighted by Crippen LogP contribution is 2.13. The van der Waals surface area contributed by atoms with E-state index >= 15 is 0 Å². The maximum Gasteiger partial charge on any atom is 0.224 e. The highest BCUT2D eigenvalue weighted by atomic mass is 16.5. The van der Waals surface area contributed by atoms with Crippen molar-refractivity contribution >= 4 is 5.91 Å². The lowest BCUT2D eigenvalue weighted by Crippen LogP contribution is -2.31. The first kappa shape index (κ1) is 10.4. The van der Waals surface area contributed by atoms with Gasteiger partial charge in [-0.1, -0.05) is 0 Å². The summed E-state index contributed by atoms with van der Waals surface area (Å²) < 4.78 is 5.01. The van der Waals surface area contributed by atoms with E-state index in [0.717, 1.165) is 0 Å². The van der Waals surface area contributed by atoms with E-state index in [2.05, 4.69) is 0 Å². The summed E-state index contributed by atoms with van der Waals surface area (Å²) in [6.07, 6.45) is -0.475. The summed E-state index contributed by atoms with van der Waals surface area (Å²) in [6, 6.07) is 0. The van der Waals surface area contributed by atoms with Crippen LogP contribution in [-0.2, 0) is 9.53 Å². The van der Waals surface area contributed by atoms with Gasteiger partial charge in [0.25, 0.3) is 0 Å². The average Bonchev–Trinajstić information content (AvgIpc) is 2.47. The number of ether oxygens (including phenoxy) is 1. The number of nitrogens with zero attached hydrogens (tertiary/aromatic N) is 1. The largest absolute Gasteiger partial charge is 0.388 e. The molecule has 76 valence electrons. The van der Waals surface area contributed by atoms with Crippen molar-refractivity contribution in [2.24, 2.45) is 5.73 Å². The van der Waals surface area contributed by atoms with Gasteiger partial charge in [-0.05, 0) is 0 Å². The molecule has 0 aromatic heterocycles. The second-order valence-electron chi connectivity index (χ2n) is 3.18. The first-order valence-corrected chi connectivity index (χ1v) is 4.37. The Kier molecular flexibility index (Phi) is 3.65. The van der Waals surface area contributed by atoms with Gasteiger partial charge in [-0.25, -0.2) is 0 Å². The maximum absolute atomic E-state index is 11.3. The third kappa shape index (κ3) is 2.40. The molecule has 0 aromatic rings. The van der Waals surface area contributed by atoms with Gasteiger partial charge in [0, 0.05) is 33.2 Å². The fourth-order valence-corrected chi connectivity index (χ4v) is 1.47. The van der Waals surface area contributed by atoms with Gasteiger partial charge < -0.3 is 20.5 Å². The molecule has 1 aliphatic heterocycles. The van der Waals surface area contributed by atoms with Crippen LogP contribution in [0.15, 0.2) is 0 Å². The Hall–Kier alpha value is -0.650. The van der Waals surface area contributed by atoms with Crippen LogP contribution in [0.25, 0.3) is 0 Å². The van der Waals surface area contributed by atoms with E-state index in [0.29, 0.717) is 26.1 Å². The van der Waals surface area contributed by atoms with E-state index in [1.165, 1.54) is 7.11 Å². The fourth-order valence-electron chi connectivity index (χ4n) is 1.47. The van der Waals surface area contributed by atoms with Gasteiger partial charge in [0.15, 0.2) is 0 Å². The molecule has 2 atom stereocenters. The molecule has 0 bridgehead atoms. The number of hydrogen-bond donors (Lipinski definition) is 2. The SMILES string of the molecule is CO[C@H]1CN(C(=O)CCN)C[C@H]1O. The van der Waals surface area contributed by atoms with Gasteiger partial charge >= 0.3 is 0 Å². The smallest absolute Gasteiger partial charge is 0.224 e. The molecule has 1 rings (SSSR count). The van der Waals surface area contributed by atoms with Crippen molar-refractivity contribution in [3.8, 4) is 0 Å². The van der Waals surface area contributed by atoms with Crippen LogP contribution in [0.2, 0.25) is 0 Å². The van der Waals surface area contributed by atoms with E-state index in [9.17, 15) is 9.90 Å². The van der Waals surface area contributed by atoms with E-state index in [1.54, 1.807) is 4.90 Å². The molecule has 0 saturated carbocycles. The lowest BCUT2D eigenvalue weighted by molar-refractivity contribution is -0.130. The first-order chi connectivity index (χ1) is 6.19. The first-order valence-electron chi connectivity index (χ1n) is 4.37. The Bertz CT molecular complexity index is 186. The summed E-state index contributed by atoms with van der Waals surface area (Å²) in [6.45, 7) is 1.18. The quantitative estimate of drug-likeness (QED) is 0.568. The zero-order valence-electron chi connectivity index (χ0n) is 7.77. The Morgan fingerprint density at radius 2 is 2.38 bits per heavy atom. The van der Waals surface area contributed by atoms with E-state index in [1.807, 2.05) is 0 Å². The summed E-state index contributed by atoms with van der Waals surface area (Å²) in [7, 11) is 1.53. The van der Waals surface area contributed by atoms with Crippen LogP contribution in [-0.4, -0.2) is 54.9 Å². The predicted octanol–water partition coefficient (Wildman–Crippen LogP) is -1.45. The van der Waals surface area contributed by atoms with Gasteiger partial charge in [0.2, 0.25) is 5.91 Å². The van der Waals surface area contributed by atoms with Gasteiger partial charge in [-0.3, -0.25) is 4.79 Å². The lowest BCUT2D eigenvalue weighted by Gasteiger charge is -2.14. The number of amides is 1. The summed E-state index contributed by atoms with van der Waals surface area (Å²) >= 11 is 0. The number of carbonyl (C=O) groups excluding carboxylic acids is 1. The van der Waals surface area contributed by atoms with Crippen molar-refractivity contribution < 1.29 is 14.6 Å². The predicted molar refractivity (Wildman–Crippen MR) is 47.1 cm³/mol. The number of rotatable bonds is 3. The Morgan fingerprint density at radius 1 is 1.69 bits per heavy atom. The molecule has 1 fully saturated rings. The Labute approximate surface area is 77.5 Å². The molecule has 0 unspecified atom stereocenters.